The number of carbonyl (C=O) groups excluding carboxylic acids is 1. The van der Waals surface area contributed by atoms with Gasteiger partial charge >= 0.3 is 19.1 Å². The van der Waals surface area contributed by atoms with Gasteiger partial charge in [0.2, 0.25) is 0 Å². The van der Waals surface area contributed by atoms with Crippen molar-refractivity contribution < 1.29 is 44.0 Å². The molecule has 0 spiro atoms. The zero-order valence-electron chi connectivity index (χ0n) is 11.4. The Kier molecular flexibility index (Phi) is 8.41. The van der Waals surface area contributed by atoms with Crippen LogP contribution < -0.4 is 24.9 Å². The van der Waals surface area contributed by atoms with Crippen LogP contribution in [0.2, 0.25) is 0 Å². The Bertz CT molecular complexity index is 314. The first-order valence-corrected chi connectivity index (χ1v) is 9.32. The molecule has 12 heteroatoms. The summed E-state index contributed by atoms with van der Waals surface area (Å²) in [4.78, 5) is 72.0. The largest absolute Gasteiger partial charge is 0.682 e. The predicted octanol–water partition coefficient (Wildman–Crippen LogP) is -3.11. The molecule has 0 aromatic rings. The minimum Gasteiger partial charge on any atom is -0.682 e. The van der Waals surface area contributed by atoms with Crippen LogP contribution in [0.25, 0.3) is 0 Å². The van der Waals surface area contributed by atoms with E-state index >= 15 is 0 Å². The summed E-state index contributed by atoms with van der Waals surface area (Å²) in [5.74, 6) is 0. The van der Waals surface area contributed by atoms with E-state index in [0.29, 0.717) is 6.42 Å². The van der Waals surface area contributed by atoms with Gasteiger partial charge in [-0.05, 0) is 19.8 Å². The van der Waals surface area contributed by atoms with Crippen LogP contribution in [0.4, 0.5) is 4.79 Å². The van der Waals surface area contributed by atoms with Crippen molar-refractivity contribution >= 4 is 22.0 Å². The van der Waals surface area contributed by atoms with Crippen molar-refractivity contribution in [3.8, 4) is 0 Å². The molecule has 0 aromatic carbocycles. The van der Waals surface area contributed by atoms with Gasteiger partial charge in [0.15, 0.2) is 0 Å². The van der Waals surface area contributed by atoms with E-state index in [0.717, 1.165) is 0 Å². The van der Waals surface area contributed by atoms with Crippen LogP contribution in [-0.4, -0.2) is 39.2 Å². The van der Waals surface area contributed by atoms with Gasteiger partial charge < -0.3 is 34.7 Å². The van der Waals surface area contributed by atoms with E-state index < -0.39 is 33.5 Å². The maximum Gasteiger partial charge on any atom is 0.407 e. The van der Waals surface area contributed by atoms with Crippen molar-refractivity contribution in [1.82, 2.24) is 5.32 Å². The summed E-state index contributed by atoms with van der Waals surface area (Å²) in [5, 5.41) is 8.26. The van der Waals surface area contributed by atoms with E-state index in [-0.39, 0.29) is 26.0 Å². The number of alkyl carbamates (subject to hydrolysis) is 1. The highest BCUT2D eigenvalue weighted by atomic mass is 31.3. The van der Waals surface area contributed by atoms with E-state index in [1.54, 1.807) is 6.92 Å². The highest BCUT2D eigenvalue weighted by molar-refractivity contribution is 7.75. The highest BCUT2D eigenvalue weighted by Gasteiger charge is 2.56. The van der Waals surface area contributed by atoms with E-state index in [4.69, 9.17) is 9.79 Å². The van der Waals surface area contributed by atoms with Gasteiger partial charge in [-0.1, -0.05) is 14.4 Å². The van der Waals surface area contributed by atoms with Gasteiger partial charge in [0.25, 0.3) is 0 Å². The van der Waals surface area contributed by atoms with Crippen LogP contribution in [0, 0.1) is 0 Å². The molecule has 1 atom stereocenters. The van der Waals surface area contributed by atoms with E-state index in [2.05, 4.69) is 10.1 Å². The molecule has 0 fully saturated rings. The van der Waals surface area contributed by atoms with E-state index in [9.17, 15) is 29.5 Å². The van der Waals surface area contributed by atoms with E-state index in [1.807, 2.05) is 0 Å². The molecule has 4 N–H and O–H groups in total. The number of carbonyl (C=O) groups is 1. The Morgan fingerprint density at radius 2 is 1.76 bits per heavy atom. The van der Waals surface area contributed by atoms with Crippen LogP contribution in [0.5, 0.6) is 0 Å². The first kappa shape index (κ1) is 20.9. The maximum atomic E-state index is 11.0. The average Bonchev–Trinajstić information content (AvgIpc) is 2.30. The lowest BCUT2D eigenvalue weighted by atomic mass is 10.2. The molecule has 10 nitrogen and oxygen atoms in total. The van der Waals surface area contributed by atoms with Gasteiger partial charge in [0.05, 0.1) is 13.0 Å². The summed E-state index contributed by atoms with van der Waals surface area (Å²) in [5.41, 5.74) is 0. The smallest absolute Gasteiger partial charge is 0.407 e. The van der Waals surface area contributed by atoms with Gasteiger partial charge in [-0.2, -0.15) is 0 Å². The zero-order valence-corrected chi connectivity index (χ0v) is 13.2. The molecule has 0 radical (unpaired) electrons. The van der Waals surface area contributed by atoms with Crippen molar-refractivity contribution in [3.05, 3.63) is 0 Å². The van der Waals surface area contributed by atoms with Crippen molar-refractivity contribution in [2.24, 2.45) is 0 Å². The fraction of sp³-hybridized carbons (Fsp3) is 0.889. The van der Waals surface area contributed by atoms with Crippen molar-refractivity contribution in [3.63, 3.8) is 0 Å². The number of hydrogen-bond donors (Lipinski definition) is 4. The van der Waals surface area contributed by atoms with E-state index in [1.165, 1.54) is 0 Å². The topological polar surface area (TPSA) is 191 Å². The molecule has 126 valence electrons. The van der Waals surface area contributed by atoms with Crippen molar-refractivity contribution in [2.45, 2.75) is 37.7 Å². The molecule has 1 amide bonds. The Hall–Kier alpha value is -0.150. The highest BCUT2D eigenvalue weighted by Crippen LogP contribution is 2.69. The second-order valence-corrected chi connectivity index (χ2v) is 8.19. The average molecular weight is 347 g/mol. The molecule has 1 unspecified atom stereocenters. The summed E-state index contributed by atoms with van der Waals surface area (Å²) >= 11 is 0. The molecule has 0 saturated heterocycles. The Morgan fingerprint density at radius 3 is 2.19 bits per heavy atom. The lowest BCUT2D eigenvalue weighted by molar-refractivity contribution is -0.440. The molecule has 0 bridgehead atoms. The fourth-order valence-corrected chi connectivity index (χ4v) is 3.64. The fourth-order valence-electron chi connectivity index (χ4n) is 1.48. The third kappa shape index (κ3) is 6.65. The minimum atomic E-state index is -5.89. The number of amides is 1. The summed E-state index contributed by atoms with van der Waals surface area (Å²) < 4.78 is 4.58. The molecule has 0 aliphatic carbocycles. The molecular weight excluding hydrogens is 328 g/mol. The number of unbranched alkanes of at least 4 members (excludes halogenated alkanes) is 2. The lowest BCUT2D eigenvalue weighted by Gasteiger charge is -2.53. The molecule has 21 heavy (non-hydrogen) atoms. The summed E-state index contributed by atoms with van der Waals surface area (Å²) in [6.45, 7) is 2.05. The molecule has 0 rings (SSSR count). The van der Waals surface area contributed by atoms with Crippen LogP contribution in [-0.2, 0) is 4.74 Å². The number of rotatable bonds is 9. The second kappa shape index (κ2) is 8.47. The Morgan fingerprint density at radius 1 is 1.19 bits per heavy atom. The zero-order chi connectivity index (χ0) is 16.7. The third-order valence-electron chi connectivity index (χ3n) is 2.64. The minimum absolute atomic E-state index is 0.111. The monoisotopic (exact) mass is 347 g/mol. The molecule has 0 aromatic heterocycles. The molecule has 0 aliphatic heterocycles. The normalized spacial score (nSPS) is 15.4. The first-order valence-electron chi connectivity index (χ1n) is 6.16. The number of aliphatic hydroxyl groups is 1. The molecule has 0 aliphatic rings. The summed E-state index contributed by atoms with van der Waals surface area (Å²) in [7, 11) is -11.4. The van der Waals surface area contributed by atoms with Crippen LogP contribution in [0.3, 0.4) is 0 Å². The Balaban J connectivity index is 4.16. The van der Waals surface area contributed by atoms with Crippen molar-refractivity contribution in [2.75, 3.05) is 13.2 Å². The quantitative estimate of drug-likeness (QED) is 0.247. The van der Waals surface area contributed by atoms with Crippen molar-refractivity contribution in [1.29, 1.82) is 0 Å². The number of nitrogens with one attached hydrogen (secondary N) is 1. The lowest BCUT2D eigenvalue weighted by Crippen LogP contribution is -2.53. The molecule has 0 heterocycles. The molecule has 0 saturated carbocycles. The van der Waals surface area contributed by atoms with Crippen LogP contribution in [0.1, 0.15) is 32.6 Å². The van der Waals surface area contributed by atoms with Gasteiger partial charge in [-0.15, -0.1) is 0 Å². The van der Waals surface area contributed by atoms with Crippen LogP contribution >= 0.6 is 15.9 Å². The predicted molar refractivity (Wildman–Crippen MR) is 66.7 cm³/mol. The van der Waals surface area contributed by atoms with Crippen LogP contribution in [0.15, 0.2) is 0 Å². The first-order chi connectivity index (χ1) is 9.45. The van der Waals surface area contributed by atoms with Gasteiger partial charge in [0, 0.05) is 6.54 Å². The second-order valence-electron chi connectivity index (χ2n) is 4.27. The number of hydrogen-bond acceptors (Lipinski definition) is 9. The molecular formula is C9H19NO9P2-2. The standard InChI is InChI=1S/C9H21NO9P2/c1-2-19-8(11)10-7-5-3-4-6-9(12,20(13,14)15)21(16,17)18/h12H,2-7H2,1H3,(H,10,11)(H2,13,14,15)(H2,16,17,18)/p-2. The number of ether oxygens (including phenoxy) is 1. The van der Waals surface area contributed by atoms with Gasteiger partial charge in [0.1, 0.15) is 0 Å². The third-order valence-corrected chi connectivity index (χ3v) is 6.41. The maximum absolute atomic E-state index is 11.0. The Labute approximate surface area is 123 Å². The summed E-state index contributed by atoms with van der Waals surface area (Å²) in [6, 6.07) is 0. The SMILES string of the molecule is CCOC(=O)NCCCCCC(O)([P+]([O-])([O-])[O-])[P+]([O-])(O)O. The van der Waals surface area contributed by atoms with Gasteiger partial charge in [-0.3, -0.25) is 0 Å². The summed E-state index contributed by atoms with van der Waals surface area (Å²) in [6.07, 6.45) is -0.998. The van der Waals surface area contributed by atoms with Gasteiger partial charge in [-0.25, -0.2) is 14.6 Å².